The highest BCUT2D eigenvalue weighted by Gasteiger charge is 1.91. The molecule has 1 rings (SSSR count). The highest BCUT2D eigenvalue weighted by atomic mass is 79.9. The minimum absolute atomic E-state index is 0. The molecule has 76 valence electrons. The quantitative estimate of drug-likeness (QED) is 0.868. The normalized spacial score (nSPS) is 8.46. The number of hydrogen-bond donors (Lipinski definition) is 1. The number of hydrogen-bond acceptors (Lipinski definition) is 2. The zero-order valence-corrected chi connectivity index (χ0v) is 10.3. The molecule has 0 bridgehead atoms. The Bertz CT molecular complexity index is 216. The third-order valence-corrected chi connectivity index (χ3v) is 1.93. The van der Waals surface area contributed by atoms with Gasteiger partial charge in [-0.05, 0) is 46.9 Å². The van der Waals surface area contributed by atoms with Gasteiger partial charge in [-0.2, -0.15) is 0 Å². The molecular weight excluding hydrogens is 275 g/mol. The van der Waals surface area contributed by atoms with Crippen molar-refractivity contribution in [3.05, 3.63) is 28.5 Å². The standard InChI is InChI=1S/C8H11BrN2.2ClH/c9-8-4-3-7(6-11-8)2-1-5-10;;/h3-4,6H,1-2,5,10H2;2*1H. The largest absolute Gasteiger partial charge is 0.330 e. The summed E-state index contributed by atoms with van der Waals surface area (Å²) in [7, 11) is 0. The lowest BCUT2D eigenvalue weighted by Gasteiger charge is -1.97. The molecular formula is C8H13BrCl2N2. The number of pyridine rings is 1. The first-order valence-corrected chi connectivity index (χ1v) is 4.42. The predicted octanol–water partition coefficient (Wildman–Crippen LogP) is 2.58. The van der Waals surface area contributed by atoms with Gasteiger partial charge in [-0.1, -0.05) is 6.07 Å². The van der Waals surface area contributed by atoms with Crippen molar-refractivity contribution in [2.45, 2.75) is 12.8 Å². The first kappa shape index (κ1) is 15.6. The molecule has 0 unspecified atom stereocenters. The topological polar surface area (TPSA) is 38.9 Å². The predicted molar refractivity (Wildman–Crippen MR) is 63.8 cm³/mol. The summed E-state index contributed by atoms with van der Waals surface area (Å²) in [6, 6.07) is 4.01. The van der Waals surface area contributed by atoms with Crippen LogP contribution in [0.15, 0.2) is 22.9 Å². The Balaban J connectivity index is 0. The highest BCUT2D eigenvalue weighted by molar-refractivity contribution is 9.10. The molecule has 1 heterocycles. The molecule has 0 aliphatic rings. The van der Waals surface area contributed by atoms with Crippen LogP contribution in [0.3, 0.4) is 0 Å². The van der Waals surface area contributed by atoms with E-state index in [1.807, 2.05) is 12.3 Å². The third-order valence-electron chi connectivity index (χ3n) is 1.46. The minimum atomic E-state index is 0. The van der Waals surface area contributed by atoms with Crippen molar-refractivity contribution in [2.24, 2.45) is 5.73 Å². The fourth-order valence-electron chi connectivity index (χ4n) is 0.861. The maximum Gasteiger partial charge on any atom is 0.106 e. The average molecular weight is 288 g/mol. The van der Waals surface area contributed by atoms with Crippen LogP contribution in [0.5, 0.6) is 0 Å². The Morgan fingerprint density at radius 3 is 2.46 bits per heavy atom. The zero-order valence-electron chi connectivity index (χ0n) is 7.07. The average Bonchev–Trinajstić information content (AvgIpc) is 2.04. The number of nitrogens with zero attached hydrogens (tertiary/aromatic N) is 1. The smallest absolute Gasteiger partial charge is 0.106 e. The second-order valence-electron chi connectivity index (χ2n) is 2.38. The van der Waals surface area contributed by atoms with Gasteiger partial charge in [0.15, 0.2) is 0 Å². The van der Waals surface area contributed by atoms with Gasteiger partial charge in [-0.25, -0.2) is 4.98 Å². The van der Waals surface area contributed by atoms with Gasteiger partial charge in [-0.3, -0.25) is 0 Å². The van der Waals surface area contributed by atoms with Gasteiger partial charge in [0, 0.05) is 6.20 Å². The number of aromatic nitrogens is 1. The van der Waals surface area contributed by atoms with Crippen LogP contribution >= 0.6 is 40.7 Å². The first-order valence-electron chi connectivity index (χ1n) is 3.63. The number of rotatable bonds is 3. The van der Waals surface area contributed by atoms with Crippen molar-refractivity contribution < 1.29 is 0 Å². The fraction of sp³-hybridized carbons (Fsp3) is 0.375. The minimum Gasteiger partial charge on any atom is -0.330 e. The van der Waals surface area contributed by atoms with Gasteiger partial charge < -0.3 is 5.73 Å². The summed E-state index contributed by atoms with van der Waals surface area (Å²) >= 11 is 3.28. The van der Waals surface area contributed by atoms with Gasteiger partial charge in [-0.15, -0.1) is 24.8 Å². The Hall–Kier alpha value is 0.170. The monoisotopic (exact) mass is 286 g/mol. The lowest BCUT2D eigenvalue weighted by atomic mass is 10.2. The van der Waals surface area contributed by atoms with E-state index >= 15 is 0 Å². The molecule has 0 atom stereocenters. The van der Waals surface area contributed by atoms with E-state index in [2.05, 4.69) is 27.0 Å². The zero-order chi connectivity index (χ0) is 8.10. The van der Waals surface area contributed by atoms with Crippen LogP contribution in [0.1, 0.15) is 12.0 Å². The summed E-state index contributed by atoms with van der Waals surface area (Å²) < 4.78 is 0.883. The lowest BCUT2D eigenvalue weighted by molar-refractivity contribution is 0.828. The van der Waals surface area contributed by atoms with Crippen LogP contribution in [0.25, 0.3) is 0 Å². The van der Waals surface area contributed by atoms with Crippen LogP contribution in [0, 0.1) is 0 Å². The molecule has 0 aliphatic carbocycles. The van der Waals surface area contributed by atoms with E-state index in [0.717, 1.165) is 24.0 Å². The Labute approximate surface area is 99.3 Å². The van der Waals surface area contributed by atoms with E-state index in [4.69, 9.17) is 5.73 Å². The molecule has 2 nitrogen and oxygen atoms in total. The van der Waals surface area contributed by atoms with E-state index in [1.54, 1.807) is 0 Å². The van der Waals surface area contributed by atoms with Crippen molar-refractivity contribution in [3.8, 4) is 0 Å². The molecule has 0 fully saturated rings. The summed E-state index contributed by atoms with van der Waals surface area (Å²) in [4.78, 5) is 4.11. The highest BCUT2D eigenvalue weighted by Crippen LogP contribution is 2.07. The Kier molecular flexibility index (Phi) is 10.5. The van der Waals surface area contributed by atoms with Crippen LogP contribution in [0.2, 0.25) is 0 Å². The molecule has 0 spiro atoms. The molecule has 0 saturated carbocycles. The molecule has 0 radical (unpaired) electrons. The molecule has 0 amide bonds. The van der Waals surface area contributed by atoms with Crippen molar-refractivity contribution in [1.29, 1.82) is 0 Å². The van der Waals surface area contributed by atoms with Crippen molar-refractivity contribution >= 4 is 40.7 Å². The molecule has 0 saturated heterocycles. The number of nitrogens with two attached hydrogens (primary N) is 1. The van der Waals surface area contributed by atoms with Crippen LogP contribution in [-0.4, -0.2) is 11.5 Å². The first-order chi connectivity index (χ1) is 5.33. The van der Waals surface area contributed by atoms with Crippen LogP contribution in [0.4, 0.5) is 0 Å². The molecule has 5 heteroatoms. The molecule has 0 aromatic carbocycles. The number of halogens is 3. The lowest BCUT2D eigenvalue weighted by Crippen LogP contribution is -2.00. The van der Waals surface area contributed by atoms with Gasteiger partial charge in [0.2, 0.25) is 0 Å². The van der Waals surface area contributed by atoms with E-state index in [0.29, 0.717) is 0 Å². The van der Waals surface area contributed by atoms with Crippen LogP contribution in [-0.2, 0) is 6.42 Å². The van der Waals surface area contributed by atoms with Crippen molar-refractivity contribution in [1.82, 2.24) is 4.98 Å². The maximum absolute atomic E-state index is 5.38. The van der Waals surface area contributed by atoms with Crippen molar-refractivity contribution in [3.63, 3.8) is 0 Å². The second-order valence-corrected chi connectivity index (χ2v) is 3.19. The van der Waals surface area contributed by atoms with E-state index in [1.165, 1.54) is 5.56 Å². The van der Waals surface area contributed by atoms with Gasteiger partial charge in [0.05, 0.1) is 0 Å². The van der Waals surface area contributed by atoms with Gasteiger partial charge in [0.1, 0.15) is 4.60 Å². The number of aryl methyl sites for hydroxylation is 1. The summed E-state index contributed by atoms with van der Waals surface area (Å²) in [5.41, 5.74) is 6.63. The fourth-order valence-corrected chi connectivity index (χ4v) is 1.10. The van der Waals surface area contributed by atoms with Crippen molar-refractivity contribution in [2.75, 3.05) is 6.54 Å². The summed E-state index contributed by atoms with van der Waals surface area (Å²) in [6.45, 7) is 0.746. The molecule has 2 N–H and O–H groups in total. The van der Waals surface area contributed by atoms with E-state index in [9.17, 15) is 0 Å². The third kappa shape index (κ3) is 6.27. The van der Waals surface area contributed by atoms with Gasteiger partial charge >= 0.3 is 0 Å². The molecule has 1 aromatic heterocycles. The molecule has 13 heavy (non-hydrogen) atoms. The Morgan fingerprint density at radius 2 is 2.00 bits per heavy atom. The van der Waals surface area contributed by atoms with E-state index in [-0.39, 0.29) is 24.8 Å². The second kappa shape index (κ2) is 8.75. The molecule has 0 aliphatic heterocycles. The van der Waals surface area contributed by atoms with Crippen LogP contribution < -0.4 is 5.73 Å². The maximum atomic E-state index is 5.38. The summed E-state index contributed by atoms with van der Waals surface area (Å²) in [5, 5.41) is 0. The molecule has 1 aromatic rings. The summed E-state index contributed by atoms with van der Waals surface area (Å²) in [5.74, 6) is 0. The SMILES string of the molecule is Cl.Cl.NCCCc1ccc(Br)nc1. The van der Waals surface area contributed by atoms with E-state index < -0.39 is 0 Å². The Morgan fingerprint density at radius 1 is 1.31 bits per heavy atom. The van der Waals surface area contributed by atoms with Gasteiger partial charge in [0.25, 0.3) is 0 Å². The summed E-state index contributed by atoms with van der Waals surface area (Å²) in [6.07, 6.45) is 3.93.